The fourth-order valence-corrected chi connectivity index (χ4v) is 4.33. The number of halogens is 3. The van der Waals surface area contributed by atoms with Crippen LogP contribution in [0.2, 0.25) is 0 Å². The lowest BCUT2D eigenvalue weighted by atomic mass is 9.83. The number of urea groups is 2. The summed E-state index contributed by atoms with van der Waals surface area (Å²) in [5, 5.41) is 11.7. The van der Waals surface area contributed by atoms with Crippen LogP contribution in [0.1, 0.15) is 49.0 Å². The molecule has 1 aromatic heterocycles. The second-order valence-corrected chi connectivity index (χ2v) is 7.99. The number of ketones is 1. The van der Waals surface area contributed by atoms with Gasteiger partial charge in [-0.2, -0.15) is 18.4 Å². The second kappa shape index (κ2) is 9.21. The third-order valence-electron chi connectivity index (χ3n) is 5.82. The van der Waals surface area contributed by atoms with E-state index >= 15 is 0 Å². The van der Waals surface area contributed by atoms with Crippen LogP contribution >= 0.6 is 0 Å². The number of amides is 4. The van der Waals surface area contributed by atoms with E-state index in [9.17, 15) is 27.6 Å². The Kier molecular flexibility index (Phi) is 6.30. The normalized spacial score (nSPS) is 18.3. The number of aromatic nitrogens is 1. The molecule has 4 amide bonds. The van der Waals surface area contributed by atoms with Crippen LogP contribution in [-0.2, 0) is 11.0 Å². The molecule has 8 nitrogen and oxygen atoms in total. The zero-order chi connectivity index (χ0) is 25.3. The van der Waals surface area contributed by atoms with Gasteiger partial charge in [-0.05, 0) is 49.6 Å². The first-order valence-corrected chi connectivity index (χ1v) is 10.9. The molecular weight excluding hydrogens is 463 g/mol. The molecule has 0 fully saturated rings. The predicted octanol–water partition coefficient (Wildman–Crippen LogP) is 4.69. The maximum Gasteiger partial charge on any atom is 0.433 e. The fraction of sp³-hybridized carbons (Fsp3) is 0.292. The van der Waals surface area contributed by atoms with Crippen molar-refractivity contribution in [1.29, 1.82) is 5.26 Å². The molecule has 35 heavy (non-hydrogen) atoms. The van der Waals surface area contributed by atoms with Crippen LogP contribution in [-0.4, -0.2) is 34.3 Å². The molecule has 0 saturated carbocycles. The molecule has 4 rings (SSSR count). The van der Waals surface area contributed by atoms with E-state index in [0.29, 0.717) is 17.5 Å². The van der Waals surface area contributed by atoms with Gasteiger partial charge in [0, 0.05) is 30.4 Å². The van der Waals surface area contributed by atoms with Crippen molar-refractivity contribution in [3.8, 4) is 6.07 Å². The van der Waals surface area contributed by atoms with Crippen molar-refractivity contribution in [3.05, 3.63) is 70.7 Å². The maximum absolute atomic E-state index is 13.8. The number of anilines is 1. The molecule has 2 heterocycles. The van der Waals surface area contributed by atoms with Gasteiger partial charge in [0.1, 0.15) is 5.69 Å². The number of alkyl halides is 3. The molecule has 180 valence electrons. The molecule has 2 aromatic rings. The average Bonchev–Trinajstić information content (AvgIpc) is 2.83. The Morgan fingerprint density at radius 2 is 1.91 bits per heavy atom. The number of allylic oxidation sites excluding steroid dienone is 1. The van der Waals surface area contributed by atoms with Crippen molar-refractivity contribution >= 4 is 23.5 Å². The molecule has 1 aliphatic carbocycles. The molecule has 0 spiro atoms. The minimum Gasteiger partial charge on any atom is -0.338 e. The molecule has 0 saturated heterocycles. The third kappa shape index (κ3) is 4.35. The van der Waals surface area contributed by atoms with Crippen molar-refractivity contribution in [2.45, 2.75) is 38.4 Å². The number of carbonyl (C=O) groups is 3. The summed E-state index contributed by atoms with van der Waals surface area (Å²) in [6.45, 7) is 1.83. The van der Waals surface area contributed by atoms with Crippen LogP contribution in [0.3, 0.4) is 0 Å². The van der Waals surface area contributed by atoms with Gasteiger partial charge in [0.15, 0.2) is 5.78 Å². The van der Waals surface area contributed by atoms with Gasteiger partial charge in [-0.1, -0.05) is 12.1 Å². The van der Waals surface area contributed by atoms with Crippen LogP contribution in [0.5, 0.6) is 0 Å². The minimum absolute atomic E-state index is 0.146. The van der Waals surface area contributed by atoms with E-state index in [-0.39, 0.29) is 42.1 Å². The number of nitrogens with one attached hydrogen (secondary N) is 1. The number of benzene rings is 1. The number of rotatable bonds is 3. The van der Waals surface area contributed by atoms with E-state index in [0.717, 1.165) is 22.1 Å². The maximum atomic E-state index is 13.8. The lowest BCUT2D eigenvalue weighted by molar-refractivity contribution is -0.141. The van der Waals surface area contributed by atoms with Gasteiger partial charge >= 0.3 is 18.2 Å². The van der Waals surface area contributed by atoms with Crippen LogP contribution in [0.15, 0.2) is 53.9 Å². The summed E-state index contributed by atoms with van der Waals surface area (Å²) in [4.78, 5) is 45.2. The number of imide groups is 1. The molecule has 0 radical (unpaired) electrons. The van der Waals surface area contributed by atoms with Gasteiger partial charge in [0.2, 0.25) is 0 Å². The Balaban J connectivity index is 1.96. The summed E-state index contributed by atoms with van der Waals surface area (Å²) >= 11 is 0. The van der Waals surface area contributed by atoms with E-state index in [1.54, 1.807) is 19.1 Å². The zero-order valence-corrected chi connectivity index (χ0v) is 18.6. The number of nitriles is 1. The van der Waals surface area contributed by atoms with Crippen LogP contribution < -0.4 is 10.2 Å². The SMILES string of the molecule is CCNC(=O)N1C(=O)N(c2ccnc(C(F)(F)F)c2)C2=C(C(=O)CCC2)C1c1ccc(C#N)cc1. The smallest absolute Gasteiger partial charge is 0.338 e. The topological polar surface area (TPSA) is 106 Å². The summed E-state index contributed by atoms with van der Waals surface area (Å²) in [7, 11) is 0. The Labute approximate surface area is 198 Å². The van der Waals surface area contributed by atoms with Crippen molar-refractivity contribution in [2.24, 2.45) is 0 Å². The van der Waals surface area contributed by atoms with Crippen molar-refractivity contribution < 1.29 is 27.6 Å². The van der Waals surface area contributed by atoms with E-state index < -0.39 is 30.0 Å². The van der Waals surface area contributed by atoms with E-state index in [1.165, 1.54) is 18.2 Å². The zero-order valence-electron chi connectivity index (χ0n) is 18.6. The Hall–Kier alpha value is -4.20. The van der Waals surface area contributed by atoms with Crippen molar-refractivity contribution in [3.63, 3.8) is 0 Å². The summed E-state index contributed by atoms with van der Waals surface area (Å²) in [6, 6.07) is 7.28. The van der Waals surface area contributed by atoms with Crippen LogP contribution in [0.4, 0.5) is 28.4 Å². The molecule has 1 aliphatic heterocycles. The van der Waals surface area contributed by atoms with Gasteiger partial charge in [0.05, 0.1) is 23.4 Å². The second-order valence-electron chi connectivity index (χ2n) is 7.99. The first kappa shape index (κ1) is 23.9. The number of pyridine rings is 1. The molecular formula is C24H20F3N5O3. The monoisotopic (exact) mass is 483 g/mol. The van der Waals surface area contributed by atoms with Crippen molar-refractivity contribution in [2.75, 3.05) is 11.4 Å². The Morgan fingerprint density at radius 1 is 1.20 bits per heavy atom. The van der Waals surface area contributed by atoms with Gasteiger partial charge < -0.3 is 5.32 Å². The average molecular weight is 483 g/mol. The van der Waals surface area contributed by atoms with Crippen molar-refractivity contribution in [1.82, 2.24) is 15.2 Å². The highest BCUT2D eigenvalue weighted by Gasteiger charge is 2.47. The lowest BCUT2D eigenvalue weighted by Crippen LogP contribution is -2.56. The summed E-state index contributed by atoms with van der Waals surface area (Å²) in [6.07, 6.45) is -2.99. The number of carbonyl (C=O) groups excluding carboxylic acids is 3. The van der Waals surface area contributed by atoms with E-state index in [1.807, 2.05) is 6.07 Å². The first-order chi connectivity index (χ1) is 16.7. The summed E-state index contributed by atoms with van der Waals surface area (Å²) < 4.78 is 40.0. The quantitative estimate of drug-likeness (QED) is 0.682. The van der Waals surface area contributed by atoms with Crippen LogP contribution in [0, 0.1) is 11.3 Å². The van der Waals surface area contributed by atoms with E-state index in [4.69, 9.17) is 5.26 Å². The summed E-state index contributed by atoms with van der Waals surface area (Å²) in [5.41, 5.74) is -0.157. The highest BCUT2D eigenvalue weighted by molar-refractivity contribution is 6.11. The highest BCUT2D eigenvalue weighted by Crippen LogP contribution is 2.44. The molecule has 1 aromatic carbocycles. The van der Waals surface area contributed by atoms with Gasteiger partial charge in [-0.15, -0.1) is 0 Å². The summed E-state index contributed by atoms with van der Waals surface area (Å²) in [5.74, 6) is -0.308. The lowest BCUT2D eigenvalue weighted by Gasteiger charge is -2.44. The Bertz CT molecular complexity index is 1260. The highest BCUT2D eigenvalue weighted by atomic mass is 19.4. The number of hydrogen-bond acceptors (Lipinski definition) is 5. The Morgan fingerprint density at radius 3 is 2.54 bits per heavy atom. The van der Waals surface area contributed by atoms with Gasteiger partial charge in [-0.25, -0.2) is 14.5 Å². The molecule has 0 bridgehead atoms. The number of hydrogen-bond donors (Lipinski definition) is 1. The number of Topliss-reactive ketones (excluding diaryl/α,β-unsaturated/α-hetero) is 1. The molecule has 2 aliphatic rings. The largest absolute Gasteiger partial charge is 0.433 e. The van der Waals surface area contributed by atoms with Gasteiger partial charge in [0.25, 0.3) is 0 Å². The number of nitrogens with zero attached hydrogens (tertiary/aromatic N) is 4. The predicted molar refractivity (Wildman–Crippen MR) is 118 cm³/mol. The van der Waals surface area contributed by atoms with Gasteiger partial charge in [-0.3, -0.25) is 14.7 Å². The molecule has 11 heteroatoms. The standard InChI is InChI=1S/C24H20F3N5O3/c1-2-29-22(34)32-21(15-8-6-14(13-28)7-9-15)20-17(4-3-5-18(20)33)31(23(32)35)16-10-11-30-19(12-16)24(25,26)27/h6-12,21H,2-5H2,1H3,(H,29,34). The molecule has 1 unspecified atom stereocenters. The minimum atomic E-state index is -4.75. The van der Waals surface area contributed by atoms with E-state index in [2.05, 4.69) is 10.3 Å². The first-order valence-electron chi connectivity index (χ1n) is 10.9. The molecule has 1 atom stereocenters. The fourth-order valence-electron chi connectivity index (χ4n) is 4.33. The molecule has 1 N–H and O–H groups in total. The third-order valence-corrected chi connectivity index (χ3v) is 5.82. The van der Waals surface area contributed by atoms with Crippen LogP contribution in [0.25, 0.3) is 0 Å².